The smallest absolute Gasteiger partial charge is 0.276 e. The lowest BCUT2D eigenvalue weighted by molar-refractivity contribution is 0.0942. The van der Waals surface area contributed by atoms with Gasteiger partial charge in [0.1, 0.15) is 11.6 Å². The molecule has 0 atom stereocenters. The molecule has 1 aromatic carbocycles. The molecule has 0 fully saturated rings. The van der Waals surface area contributed by atoms with Crippen molar-refractivity contribution in [1.29, 1.82) is 0 Å². The first kappa shape index (κ1) is 17.3. The van der Waals surface area contributed by atoms with Crippen LogP contribution >= 0.6 is 0 Å². The van der Waals surface area contributed by atoms with Crippen LogP contribution in [-0.4, -0.2) is 41.0 Å². The largest absolute Gasteiger partial charge is 0.504 e. The number of pyridine rings is 1. The Hall–Kier alpha value is -4.08. The van der Waals surface area contributed by atoms with E-state index in [1.165, 1.54) is 35.1 Å². The SMILES string of the molecule is O=C(NCc1nc(-c2ccncc2)n[nH]1)c1nn(-c2ccc(F)cc2)cc1O. The van der Waals surface area contributed by atoms with Crippen molar-refractivity contribution in [3.05, 3.63) is 72.3 Å². The van der Waals surface area contributed by atoms with Crippen LogP contribution in [-0.2, 0) is 6.54 Å². The molecule has 0 saturated heterocycles. The van der Waals surface area contributed by atoms with E-state index >= 15 is 0 Å². The van der Waals surface area contributed by atoms with Crippen molar-refractivity contribution in [3.8, 4) is 22.8 Å². The summed E-state index contributed by atoms with van der Waals surface area (Å²) in [5.74, 6) is -0.346. The highest BCUT2D eigenvalue weighted by Crippen LogP contribution is 2.18. The second kappa shape index (κ2) is 7.27. The summed E-state index contributed by atoms with van der Waals surface area (Å²) in [6, 6.07) is 9.03. The maximum Gasteiger partial charge on any atom is 0.276 e. The normalized spacial score (nSPS) is 10.8. The van der Waals surface area contributed by atoms with Gasteiger partial charge in [-0.2, -0.15) is 10.2 Å². The number of amides is 1. The molecule has 3 aromatic heterocycles. The number of carbonyl (C=O) groups is 1. The molecule has 3 heterocycles. The van der Waals surface area contributed by atoms with Crippen molar-refractivity contribution < 1.29 is 14.3 Å². The Labute approximate surface area is 157 Å². The number of aromatic nitrogens is 6. The Morgan fingerprint density at radius 2 is 1.93 bits per heavy atom. The van der Waals surface area contributed by atoms with Crippen molar-refractivity contribution >= 4 is 5.91 Å². The Bertz CT molecular complexity index is 1110. The zero-order chi connectivity index (χ0) is 19.5. The van der Waals surface area contributed by atoms with Crippen molar-refractivity contribution in [2.24, 2.45) is 0 Å². The molecule has 0 saturated carbocycles. The number of rotatable bonds is 5. The molecule has 140 valence electrons. The van der Waals surface area contributed by atoms with Gasteiger partial charge in [-0.05, 0) is 36.4 Å². The van der Waals surface area contributed by atoms with Gasteiger partial charge in [0.2, 0.25) is 0 Å². The highest BCUT2D eigenvalue weighted by molar-refractivity contribution is 5.94. The summed E-state index contributed by atoms with van der Waals surface area (Å²) in [7, 11) is 0. The molecule has 4 rings (SSSR count). The fourth-order valence-corrected chi connectivity index (χ4v) is 2.50. The Balaban J connectivity index is 1.44. The number of nitrogens with one attached hydrogen (secondary N) is 2. The molecule has 3 N–H and O–H groups in total. The number of aromatic amines is 1. The van der Waals surface area contributed by atoms with Crippen molar-refractivity contribution in [3.63, 3.8) is 0 Å². The van der Waals surface area contributed by atoms with Gasteiger partial charge in [-0.15, -0.1) is 0 Å². The molecule has 0 unspecified atom stereocenters. The van der Waals surface area contributed by atoms with Crippen LogP contribution in [0.2, 0.25) is 0 Å². The van der Waals surface area contributed by atoms with Gasteiger partial charge in [0, 0.05) is 18.0 Å². The third-order valence-corrected chi connectivity index (χ3v) is 3.89. The fourth-order valence-electron chi connectivity index (χ4n) is 2.50. The highest BCUT2D eigenvalue weighted by atomic mass is 19.1. The van der Waals surface area contributed by atoms with E-state index in [1.54, 1.807) is 24.5 Å². The van der Waals surface area contributed by atoms with Gasteiger partial charge in [-0.1, -0.05) is 0 Å². The van der Waals surface area contributed by atoms with E-state index in [4.69, 9.17) is 0 Å². The molecular formula is C18H14FN7O2. The average molecular weight is 379 g/mol. The van der Waals surface area contributed by atoms with E-state index in [9.17, 15) is 14.3 Å². The Morgan fingerprint density at radius 3 is 2.68 bits per heavy atom. The number of halogens is 1. The number of benzene rings is 1. The summed E-state index contributed by atoms with van der Waals surface area (Å²) in [5, 5.41) is 23.5. The average Bonchev–Trinajstić information content (AvgIpc) is 3.34. The van der Waals surface area contributed by atoms with Crippen molar-refractivity contribution in [2.75, 3.05) is 0 Å². The van der Waals surface area contributed by atoms with Crippen LogP contribution in [0.25, 0.3) is 17.1 Å². The zero-order valence-electron chi connectivity index (χ0n) is 14.4. The fraction of sp³-hybridized carbons (Fsp3) is 0.0556. The minimum atomic E-state index is -0.583. The number of H-pyrrole nitrogens is 1. The monoisotopic (exact) mass is 379 g/mol. The lowest BCUT2D eigenvalue weighted by atomic mass is 10.2. The summed E-state index contributed by atoms with van der Waals surface area (Å²) in [6.45, 7) is 0.0692. The minimum absolute atomic E-state index is 0.0692. The molecule has 9 nitrogen and oxygen atoms in total. The number of nitrogens with zero attached hydrogens (tertiary/aromatic N) is 5. The molecule has 0 spiro atoms. The lowest BCUT2D eigenvalue weighted by Gasteiger charge is -2.01. The van der Waals surface area contributed by atoms with E-state index in [-0.39, 0.29) is 18.0 Å². The third kappa shape index (κ3) is 3.56. The molecule has 4 aromatic rings. The van der Waals surface area contributed by atoms with Crippen LogP contribution in [0.3, 0.4) is 0 Å². The summed E-state index contributed by atoms with van der Waals surface area (Å²) >= 11 is 0. The van der Waals surface area contributed by atoms with Crippen molar-refractivity contribution in [1.82, 2.24) is 35.3 Å². The number of aromatic hydroxyl groups is 1. The van der Waals surface area contributed by atoms with Gasteiger partial charge in [-0.3, -0.25) is 14.9 Å². The minimum Gasteiger partial charge on any atom is -0.504 e. The van der Waals surface area contributed by atoms with Crippen LogP contribution in [0, 0.1) is 5.82 Å². The van der Waals surface area contributed by atoms with E-state index in [2.05, 4.69) is 30.6 Å². The molecular weight excluding hydrogens is 365 g/mol. The van der Waals surface area contributed by atoms with E-state index in [1.807, 2.05) is 0 Å². The van der Waals surface area contributed by atoms with Crippen LogP contribution in [0.15, 0.2) is 55.0 Å². The van der Waals surface area contributed by atoms with Gasteiger partial charge in [0.15, 0.2) is 17.3 Å². The van der Waals surface area contributed by atoms with Gasteiger partial charge in [-0.25, -0.2) is 14.1 Å². The molecule has 28 heavy (non-hydrogen) atoms. The molecule has 0 aliphatic heterocycles. The molecule has 0 aliphatic carbocycles. The van der Waals surface area contributed by atoms with E-state index < -0.39 is 11.7 Å². The lowest BCUT2D eigenvalue weighted by Crippen LogP contribution is -2.24. The standard InChI is InChI=1S/C18H14FN7O2/c19-12-1-3-13(4-2-12)26-10-14(27)16(25-26)18(28)21-9-15-22-17(24-23-15)11-5-7-20-8-6-11/h1-8,10,27H,9H2,(H,21,28)(H,22,23,24). The maximum atomic E-state index is 13.0. The van der Waals surface area contributed by atoms with Crippen LogP contribution in [0.5, 0.6) is 5.75 Å². The van der Waals surface area contributed by atoms with Gasteiger partial charge in [0.25, 0.3) is 5.91 Å². The van der Waals surface area contributed by atoms with Gasteiger partial charge >= 0.3 is 0 Å². The molecule has 0 radical (unpaired) electrons. The summed E-state index contributed by atoms with van der Waals surface area (Å²) < 4.78 is 14.3. The van der Waals surface area contributed by atoms with E-state index in [0.717, 1.165) is 5.56 Å². The van der Waals surface area contributed by atoms with Gasteiger partial charge in [0.05, 0.1) is 18.4 Å². The van der Waals surface area contributed by atoms with Gasteiger partial charge < -0.3 is 10.4 Å². The van der Waals surface area contributed by atoms with Crippen LogP contribution in [0.1, 0.15) is 16.3 Å². The Morgan fingerprint density at radius 1 is 1.18 bits per heavy atom. The predicted molar refractivity (Wildman–Crippen MR) is 96.0 cm³/mol. The summed E-state index contributed by atoms with van der Waals surface area (Å²) in [6.07, 6.45) is 4.54. The Kier molecular flexibility index (Phi) is 4.50. The number of carbonyl (C=O) groups excluding carboxylic acids is 1. The first-order chi connectivity index (χ1) is 13.6. The van der Waals surface area contributed by atoms with Crippen LogP contribution < -0.4 is 5.32 Å². The number of hydrogen-bond acceptors (Lipinski definition) is 6. The maximum absolute atomic E-state index is 13.0. The highest BCUT2D eigenvalue weighted by Gasteiger charge is 2.17. The number of hydrogen-bond donors (Lipinski definition) is 3. The first-order valence-electron chi connectivity index (χ1n) is 8.24. The third-order valence-electron chi connectivity index (χ3n) is 3.89. The summed E-state index contributed by atoms with van der Waals surface area (Å²) in [4.78, 5) is 20.6. The molecule has 0 bridgehead atoms. The first-order valence-corrected chi connectivity index (χ1v) is 8.24. The molecule has 1 amide bonds. The second-order valence-corrected chi connectivity index (χ2v) is 5.81. The van der Waals surface area contributed by atoms with E-state index in [0.29, 0.717) is 17.3 Å². The zero-order valence-corrected chi connectivity index (χ0v) is 14.4. The quantitative estimate of drug-likeness (QED) is 0.486. The molecule has 0 aliphatic rings. The topological polar surface area (TPSA) is 122 Å². The second-order valence-electron chi connectivity index (χ2n) is 5.81. The summed E-state index contributed by atoms with van der Waals surface area (Å²) in [5.41, 5.74) is 1.14. The molecule has 10 heteroatoms. The van der Waals surface area contributed by atoms with Crippen LogP contribution in [0.4, 0.5) is 4.39 Å². The van der Waals surface area contributed by atoms with Crippen molar-refractivity contribution in [2.45, 2.75) is 6.54 Å². The predicted octanol–water partition coefficient (Wildman–Crippen LogP) is 1.83.